The Morgan fingerprint density at radius 3 is 2.44 bits per heavy atom. The molecular weight excluding hydrogens is 404 g/mol. The zero-order valence-electron chi connectivity index (χ0n) is 17.8. The largest absolute Gasteiger partial charge is 0.494 e. The molecule has 0 unspecified atom stereocenters. The first-order chi connectivity index (χ1) is 15.7. The van der Waals surface area contributed by atoms with Gasteiger partial charge in [-0.1, -0.05) is 47.6 Å². The normalized spacial score (nSPS) is 11.7. The number of benzene rings is 2. The van der Waals surface area contributed by atoms with Crippen LogP contribution in [0, 0.1) is 0 Å². The number of hydrogen-bond donors (Lipinski definition) is 1. The molecule has 0 aliphatic heterocycles. The number of ether oxygens (including phenoxy) is 1. The predicted molar refractivity (Wildman–Crippen MR) is 120 cm³/mol. The van der Waals surface area contributed by atoms with Crippen molar-refractivity contribution in [3.8, 4) is 17.1 Å². The Kier molecular flexibility index (Phi) is 6.87. The molecule has 0 fully saturated rings. The number of carbonyl (C=O) groups excluding carboxylic acids is 1. The Morgan fingerprint density at radius 2 is 1.72 bits per heavy atom. The molecule has 1 atom stereocenters. The summed E-state index contributed by atoms with van der Waals surface area (Å²) >= 11 is 0. The fourth-order valence-corrected chi connectivity index (χ4v) is 3.36. The van der Waals surface area contributed by atoms with E-state index >= 15 is 0 Å². The van der Waals surface area contributed by atoms with Gasteiger partial charge in [-0.05, 0) is 42.3 Å². The van der Waals surface area contributed by atoms with Crippen LogP contribution in [0.25, 0.3) is 11.4 Å². The summed E-state index contributed by atoms with van der Waals surface area (Å²) in [6.07, 6.45) is 3.93. The first-order valence-corrected chi connectivity index (χ1v) is 10.5. The third-order valence-corrected chi connectivity index (χ3v) is 4.94. The van der Waals surface area contributed by atoms with E-state index in [2.05, 4.69) is 20.4 Å². The highest BCUT2D eigenvalue weighted by atomic mass is 16.5. The van der Waals surface area contributed by atoms with Crippen molar-refractivity contribution in [3.05, 3.63) is 96.1 Å². The Morgan fingerprint density at radius 1 is 1.00 bits per heavy atom. The van der Waals surface area contributed by atoms with E-state index < -0.39 is 0 Å². The van der Waals surface area contributed by atoms with Gasteiger partial charge in [-0.15, -0.1) is 0 Å². The van der Waals surface area contributed by atoms with E-state index in [9.17, 15) is 4.79 Å². The van der Waals surface area contributed by atoms with Gasteiger partial charge in [-0.2, -0.15) is 4.98 Å². The average molecular weight is 428 g/mol. The van der Waals surface area contributed by atoms with Crippen LogP contribution >= 0.6 is 0 Å². The minimum absolute atomic E-state index is 0.101. The third kappa shape index (κ3) is 5.37. The second-order valence-corrected chi connectivity index (χ2v) is 7.16. The molecule has 2 aromatic carbocycles. The van der Waals surface area contributed by atoms with E-state index in [0.29, 0.717) is 24.7 Å². The summed E-state index contributed by atoms with van der Waals surface area (Å²) in [7, 11) is 0. The molecule has 7 heteroatoms. The number of carbonyl (C=O) groups is 1. The van der Waals surface area contributed by atoms with Gasteiger partial charge < -0.3 is 14.6 Å². The smallest absolute Gasteiger partial charge is 0.227 e. The van der Waals surface area contributed by atoms with Crippen LogP contribution in [0.3, 0.4) is 0 Å². The second-order valence-electron chi connectivity index (χ2n) is 7.16. The maximum absolute atomic E-state index is 12.8. The number of amides is 1. The van der Waals surface area contributed by atoms with Gasteiger partial charge in [0.05, 0.1) is 12.6 Å². The highest BCUT2D eigenvalue weighted by Gasteiger charge is 2.18. The maximum atomic E-state index is 12.8. The fraction of sp³-hybridized carbons (Fsp3) is 0.200. The van der Waals surface area contributed by atoms with E-state index in [4.69, 9.17) is 9.26 Å². The van der Waals surface area contributed by atoms with Gasteiger partial charge >= 0.3 is 0 Å². The van der Waals surface area contributed by atoms with Crippen LogP contribution in [0.4, 0.5) is 0 Å². The third-order valence-electron chi connectivity index (χ3n) is 4.94. The van der Waals surface area contributed by atoms with E-state index in [1.54, 1.807) is 12.4 Å². The average Bonchev–Trinajstić information content (AvgIpc) is 3.32. The lowest BCUT2D eigenvalue weighted by molar-refractivity contribution is -0.121. The van der Waals surface area contributed by atoms with Gasteiger partial charge in [0.2, 0.25) is 17.6 Å². The van der Waals surface area contributed by atoms with Crippen LogP contribution in [0.2, 0.25) is 0 Å². The highest BCUT2D eigenvalue weighted by molar-refractivity contribution is 5.77. The van der Waals surface area contributed by atoms with Gasteiger partial charge in [0, 0.05) is 30.8 Å². The van der Waals surface area contributed by atoms with E-state index in [1.807, 2.05) is 73.7 Å². The zero-order valence-corrected chi connectivity index (χ0v) is 17.8. The molecule has 32 heavy (non-hydrogen) atoms. The molecule has 0 radical (unpaired) electrons. The number of pyridine rings is 1. The van der Waals surface area contributed by atoms with Gasteiger partial charge in [-0.3, -0.25) is 9.78 Å². The number of nitrogens with zero attached hydrogens (tertiary/aromatic N) is 3. The summed E-state index contributed by atoms with van der Waals surface area (Å²) in [5.74, 6) is 1.61. The molecule has 0 saturated heterocycles. The van der Waals surface area contributed by atoms with Gasteiger partial charge in [-0.25, -0.2) is 0 Å². The van der Waals surface area contributed by atoms with Gasteiger partial charge in [0.25, 0.3) is 0 Å². The fourth-order valence-electron chi connectivity index (χ4n) is 3.36. The standard InChI is InChI=1S/C25H24N4O3/c1-2-31-21-10-8-19(9-11-21)24(18-6-4-3-5-7-18)27-22(30)12-13-23-28-25(29-32-23)20-14-16-26-17-15-20/h3-11,14-17,24H,2,12-13H2,1H3,(H,27,30)/t24-/m0/s1. The van der Waals surface area contributed by atoms with Crippen LogP contribution in [-0.2, 0) is 11.2 Å². The van der Waals surface area contributed by atoms with Crippen molar-refractivity contribution in [1.29, 1.82) is 0 Å². The molecule has 2 heterocycles. The Hall–Kier alpha value is -4.00. The number of aromatic nitrogens is 3. The summed E-state index contributed by atoms with van der Waals surface area (Å²) in [5.41, 5.74) is 2.80. The van der Waals surface area contributed by atoms with Crippen molar-refractivity contribution in [3.63, 3.8) is 0 Å². The first kappa shape index (κ1) is 21.2. The van der Waals surface area contributed by atoms with Gasteiger partial charge in [0.15, 0.2) is 0 Å². The molecule has 0 aliphatic carbocycles. The van der Waals surface area contributed by atoms with E-state index in [1.165, 1.54) is 0 Å². The summed E-state index contributed by atoms with van der Waals surface area (Å²) in [4.78, 5) is 21.1. The van der Waals surface area contributed by atoms with Crippen molar-refractivity contribution in [2.75, 3.05) is 6.61 Å². The zero-order chi connectivity index (χ0) is 22.2. The van der Waals surface area contributed by atoms with Gasteiger partial charge in [0.1, 0.15) is 5.75 Å². The number of hydrogen-bond acceptors (Lipinski definition) is 6. The van der Waals surface area contributed by atoms with E-state index in [0.717, 1.165) is 22.4 Å². The van der Waals surface area contributed by atoms with Crippen molar-refractivity contribution < 1.29 is 14.1 Å². The predicted octanol–water partition coefficient (Wildman–Crippen LogP) is 4.37. The van der Waals surface area contributed by atoms with Crippen LogP contribution in [0.1, 0.15) is 36.4 Å². The Balaban J connectivity index is 1.43. The summed E-state index contributed by atoms with van der Waals surface area (Å²) in [6.45, 7) is 2.56. The molecule has 4 rings (SSSR count). The van der Waals surface area contributed by atoms with Crippen LogP contribution in [-0.4, -0.2) is 27.6 Å². The molecule has 0 bridgehead atoms. The Labute approximate surface area is 186 Å². The second kappa shape index (κ2) is 10.3. The Bertz CT molecular complexity index is 1130. The van der Waals surface area contributed by atoms with Crippen LogP contribution in [0.15, 0.2) is 83.6 Å². The lowest BCUT2D eigenvalue weighted by Crippen LogP contribution is -2.29. The molecule has 4 aromatic rings. The van der Waals surface area contributed by atoms with Crippen molar-refractivity contribution in [2.24, 2.45) is 0 Å². The minimum atomic E-state index is -0.269. The lowest BCUT2D eigenvalue weighted by atomic mass is 9.98. The number of rotatable bonds is 9. The highest BCUT2D eigenvalue weighted by Crippen LogP contribution is 2.24. The summed E-state index contributed by atoms with van der Waals surface area (Å²) in [5, 5.41) is 7.12. The summed E-state index contributed by atoms with van der Waals surface area (Å²) in [6, 6.07) is 21.0. The first-order valence-electron chi connectivity index (χ1n) is 10.5. The maximum Gasteiger partial charge on any atom is 0.227 e. The number of nitrogens with one attached hydrogen (secondary N) is 1. The lowest BCUT2D eigenvalue weighted by Gasteiger charge is -2.20. The molecule has 162 valence electrons. The molecule has 1 N–H and O–H groups in total. The van der Waals surface area contributed by atoms with Crippen molar-refractivity contribution in [2.45, 2.75) is 25.8 Å². The quantitative estimate of drug-likeness (QED) is 0.426. The summed E-state index contributed by atoms with van der Waals surface area (Å²) < 4.78 is 10.8. The molecular formula is C25H24N4O3. The molecule has 1 amide bonds. The van der Waals surface area contributed by atoms with Crippen molar-refractivity contribution >= 4 is 5.91 Å². The molecule has 0 spiro atoms. The molecule has 2 aromatic heterocycles. The SMILES string of the molecule is CCOc1ccc([C@@H](NC(=O)CCc2nc(-c3ccncc3)no2)c2ccccc2)cc1. The monoisotopic (exact) mass is 428 g/mol. The molecule has 0 saturated carbocycles. The van der Waals surface area contributed by atoms with Crippen molar-refractivity contribution in [1.82, 2.24) is 20.4 Å². The number of aryl methyl sites for hydroxylation is 1. The molecule has 0 aliphatic rings. The van der Waals surface area contributed by atoms with E-state index in [-0.39, 0.29) is 18.4 Å². The topological polar surface area (TPSA) is 90.1 Å². The minimum Gasteiger partial charge on any atom is -0.494 e. The molecule has 7 nitrogen and oxygen atoms in total. The van der Waals surface area contributed by atoms with Crippen LogP contribution < -0.4 is 10.1 Å². The van der Waals surface area contributed by atoms with Crippen LogP contribution in [0.5, 0.6) is 5.75 Å².